The van der Waals surface area contributed by atoms with Crippen molar-refractivity contribution in [3.63, 3.8) is 0 Å². The average molecular weight is 234 g/mol. The van der Waals surface area contributed by atoms with Crippen molar-refractivity contribution < 1.29 is 0 Å². The van der Waals surface area contributed by atoms with Crippen molar-refractivity contribution >= 4 is 17.2 Å². The first kappa shape index (κ1) is 11.6. The molecule has 0 aromatic heterocycles. The van der Waals surface area contributed by atoms with Crippen LogP contribution in [0.15, 0.2) is 24.3 Å². The summed E-state index contributed by atoms with van der Waals surface area (Å²) in [6, 6.07) is 8.49. The van der Waals surface area contributed by atoms with Crippen LogP contribution in [0.2, 0.25) is 0 Å². The number of likely N-dealkylation sites (N-methyl/N-ethyl adjacent to an activating group) is 1. The fourth-order valence-corrected chi connectivity index (χ4v) is 2.21. The van der Waals surface area contributed by atoms with Crippen molar-refractivity contribution in [3.8, 4) is 0 Å². The molecule has 1 aromatic carbocycles. The molecule has 1 fully saturated rings. The van der Waals surface area contributed by atoms with Gasteiger partial charge in [0, 0.05) is 31.7 Å². The Kier molecular flexibility index (Phi) is 3.56. The quantitative estimate of drug-likeness (QED) is 0.686. The van der Waals surface area contributed by atoms with Crippen LogP contribution in [0.1, 0.15) is 11.1 Å². The molecule has 0 radical (unpaired) electrons. The highest BCUT2D eigenvalue weighted by Crippen LogP contribution is 2.10. The maximum Gasteiger partial charge on any atom is 0.109 e. The van der Waals surface area contributed by atoms with Crippen LogP contribution in [0.25, 0.3) is 0 Å². The number of benzene rings is 1. The molecule has 0 amide bonds. The van der Waals surface area contributed by atoms with Crippen LogP contribution in [0.4, 0.5) is 0 Å². The van der Waals surface area contributed by atoms with E-state index in [1.54, 1.807) is 0 Å². The Balaban J connectivity index is 2.05. The maximum atomic E-state index is 5.53. The van der Waals surface area contributed by atoms with Crippen LogP contribution >= 0.6 is 12.2 Å². The predicted molar refractivity (Wildman–Crippen MR) is 71.9 cm³/mol. The Labute approximate surface area is 103 Å². The second-order valence-corrected chi connectivity index (χ2v) is 4.85. The van der Waals surface area contributed by atoms with Gasteiger partial charge < -0.3 is 9.80 Å². The monoisotopic (exact) mass is 234 g/mol. The highest BCUT2D eigenvalue weighted by Gasteiger charge is 2.16. The number of thiocarbonyl (C=S) groups is 1. The molecule has 0 atom stereocenters. The van der Waals surface area contributed by atoms with E-state index in [0.29, 0.717) is 0 Å². The lowest BCUT2D eigenvalue weighted by Crippen LogP contribution is -2.46. The van der Waals surface area contributed by atoms with Gasteiger partial charge in [-0.1, -0.05) is 42.0 Å². The van der Waals surface area contributed by atoms with E-state index in [1.165, 1.54) is 11.1 Å². The highest BCUT2D eigenvalue weighted by molar-refractivity contribution is 7.80. The second kappa shape index (κ2) is 4.93. The topological polar surface area (TPSA) is 6.48 Å². The lowest BCUT2D eigenvalue weighted by Gasteiger charge is -2.34. The van der Waals surface area contributed by atoms with Crippen LogP contribution < -0.4 is 0 Å². The van der Waals surface area contributed by atoms with Gasteiger partial charge in [0.2, 0.25) is 0 Å². The van der Waals surface area contributed by atoms with Crippen molar-refractivity contribution in [1.29, 1.82) is 0 Å². The Hall–Kier alpha value is -0.930. The van der Waals surface area contributed by atoms with Crippen LogP contribution in [-0.4, -0.2) is 48.0 Å². The molecule has 0 aliphatic carbocycles. The summed E-state index contributed by atoms with van der Waals surface area (Å²) < 4.78 is 0. The molecule has 1 aromatic rings. The number of rotatable bonds is 1. The average Bonchev–Trinajstić information content (AvgIpc) is 2.30. The molecule has 1 aliphatic rings. The Morgan fingerprint density at radius 1 is 1.06 bits per heavy atom. The van der Waals surface area contributed by atoms with Gasteiger partial charge in [0.25, 0.3) is 0 Å². The van der Waals surface area contributed by atoms with Crippen molar-refractivity contribution in [3.05, 3.63) is 35.4 Å². The Morgan fingerprint density at radius 2 is 1.62 bits per heavy atom. The molecule has 1 heterocycles. The minimum atomic E-state index is 0.994. The summed E-state index contributed by atoms with van der Waals surface area (Å²) >= 11 is 5.53. The standard InChI is InChI=1S/C13H18N2S/c1-11-3-5-12(6-4-11)13(16)15-9-7-14(2)8-10-15/h3-6H,7-10H2,1-2H3. The van der Waals surface area contributed by atoms with Gasteiger partial charge in [-0.3, -0.25) is 0 Å². The van der Waals surface area contributed by atoms with Gasteiger partial charge in [0.1, 0.15) is 4.99 Å². The summed E-state index contributed by atoms with van der Waals surface area (Å²) in [6.45, 7) is 6.40. The third-order valence-corrected chi connectivity index (χ3v) is 3.58. The van der Waals surface area contributed by atoms with Crippen molar-refractivity contribution in [2.45, 2.75) is 6.92 Å². The number of hydrogen-bond donors (Lipinski definition) is 0. The third-order valence-electron chi connectivity index (χ3n) is 3.09. The molecule has 0 N–H and O–H groups in total. The Morgan fingerprint density at radius 3 is 2.19 bits per heavy atom. The van der Waals surface area contributed by atoms with E-state index in [0.717, 1.165) is 31.2 Å². The molecule has 2 nitrogen and oxygen atoms in total. The first-order chi connectivity index (χ1) is 7.66. The van der Waals surface area contributed by atoms with E-state index in [2.05, 4.69) is 48.0 Å². The number of aryl methyl sites for hydroxylation is 1. The van der Waals surface area contributed by atoms with Gasteiger partial charge in [0.15, 0.2) is 0 Å². The fourth-order valence-electron chi connectivity index (χ4n) is 1.89. The van der Waals surface area contributed by atoms with E-state index in [4.69, 9.17) is 12.2 Å². The van der Waals surface area contributed by atoms with Crippen molar-refractivity contribution in [1.82, 2.24) is 9.80 Å². The molecule has 0 bridgehead atoms. The molecule has 2 rings (SSSR count). The lowest BCUT2D eigenvalue weighted by molar-refractivity contribution is 0.218. The zero-order chi connectivity index (χ0) is 11.5. The Bertz CT molecular complexity index is 364. The molecule has 3 heteroatoms. The summed E-state index contributed by atoms with van der Waals surface area (Å²) in [6.07, 6.45) is 0. The van der Waals surface area contributed by atoms with E-state index >= 15 is 0 Å². The summed E-state index contributed by atoms with van der Waals surface area (Å²) in [4.78, 5) is 5.64. The predicted octanol–water partition coefficient (Wildman–Crippen LogP) is 1.92. The second-order valence-electron chi connectivity index (χ2n) is 4.46. The summed E-state index contributed by atoms with van der Waals surface area (Å²) in [5.41, 5.74) is 2.45. The number of hydrogen-bond acceptors (Lipinski definition) is 2. The molecule has 1 saturated heterocycles. The minimum absolute atomic E-state index is 0.994. The molecule has 0 unspecified atom stereocenters. The zero-order valence-electron chi connectivity index (χ0n) is 9.94. The zero-order valence-corrected chi connectivity index (χ0v) is 10.8. The lowest BCUT2D eigenvalue weighted by atomic mass is 10.1. The van der Waals surface area contributed by atoms with Gasteiger partial charge in [0.05, 0.1) is 0 Å². The van der Waals surface area contributed by atoms with E-state index in [1.807, 2.05) is 0 Å². The molecule has 16 heavy (non-hydrogen) atoms. The van der Waals surface area contributed by atoms with E-state index in [-0.39, 0.29) is 0 Å². The number of nitrogens with zero attached hydrogens (tertiary/aromatic N) is 2. The maximum absolute atomic E-state index is 5.53. The molecule has 0 spiro atoms. The molecular formula is C13H18N2S. The first-order valence-electron chi connectivity index (χ1n) is 5.71. The summed E-state index contributed by atoms with van der Waals surface area (Å²) in [7, 11) is 2.16. The van der Waals surface area contributed by atoms with Gasteiger partial charge in [-0.2, -0.15) is 0 Å². The molecule has 0 saturated carbocycles. The van der Waals surface area contributed by atoms with Gasteiger partial charge >= 0.3 is 0 Å². The SMILES string of the molecule is Cc1ccc(C(=S)N2CCN(C)CC2)cc1. The minimum Gasteiger partial charge on any atom is -0.360 e. The molecule has 1 aliphatic heterocycles. The third kappa shape index (κ3) is 2.60. The van der Waals surface area contributed by atoms with Gasteiger partial charge in [-0.25, -0.2) is 0 Å². The summed E-state index contributed by atoms with van der Waals surface area (Å²) in [5.74, 6) is 0. The van der Waals surface area contributed by atoms with Crippen LogP contribution in [0.3, 0.4) is 0 Å². The van der Waals surface area contributed by atoms with Crippen molar-refractivity contribution in [2.75, 3.05) is 33.2 Å². The molecule has 86 valence electrons. The van der Waals surface area contributed by atoms with Crippen LogP contribution in [-0.2, 0) is 0 Å². The van der Waals surface area contributed by atoms with Gasteiger partial charge in [-0.15, -0.1) is 0 Å². The van der Waals surface area contributed by atoms with Crippen molar-refractivity contribution in [2.24, 2.45) is 0 Å². The molecular weight excluding hydrogens is 216 g/mol. The fraction of sp³-hybridized carbons (Fsp3) is 0.462. The normalized spacial score (nSPS) is 17.5. The van der Waals surface area contributed by atoms with Crippen LogP contribution in [0, 0.1) is 6.92 Å². The first-order valence-corrected chi connectivity index (χ1v) is 6.12. The number of piperazine rings is 1. The largest absolute Gasteiger partial charge is 0.360 e. The highest BCUT2D eigenvalue weighted by atomic mass is 32.1. The van der Waals surface area contributed by atoms with Gasteiger partial charge in [-0.05, 0) is 14.0 Å². The van der Waals surface area contributed by atoms with E-state index < -0.39 is 0 Å². The summed E-state index contributed by atoms with van der Waals surface area (Å²) in [5, 5.41) is 0. The smallest absolute Gasteiger partial charge is 0.109 e. The van der Waals surface area contributed by atoms with Crippen LogP contribution in [0.5, 0.6) is 0 Å². The van der Waals surface area contributed by atoms with E-state index in [9.17, 15) is 0 Å².